The zero-order chi connectivity index (χ0) is 74.4. The van der Waals surface area contributed by atoms with Crippen molar-refractivity contribution < 1.29 is 111 Å². The Balaban J connectivity index is 1.05. The number of aliphatic hydroxyl groups is 3. The number of aromatic amines is 1. The molecule has 6 rings (SSSR count). The molecule has 2 aromatic rings. The Morgan fingerprint density at radius 3 is 1.96 bits per heavy atom. The van der Waals surface area contributed by atoms with Crippen LogP contribution in [0.15, 0.2) is 29.1 Å². The highest BCUT2D eigenvalue weighted by Crippen LogP contribution is 2.37. The fourth-order valence-corrected chi connectivity index (χ4v) is 14.1. The molecule has 5 heterocycles. The summed E-state index contributed by atoms with van der Waals surface area (Å²) in [5, 5.41) is 59.1. The number of amides is 9. The minimum Gasteiger partial charge on any atom is -0.508 e. The van der Waals surface area contributed by atoms with Gasteiger partial charge >= 0.3 is 0 Å². The maximum Gasteiger partial charge on any atom is 0.246 e. The SMILES string of the molecule is CC[C@H](C)[C@@H]1CC(=O)CNC(=O)[C@H]2CC(=O)[C@H]([C@@H](C)[C@@H](O)CO)NC(=O)[C@@H]3C[C@@H](O)CN3C(=O)[C@H](CC(N)=O)NC(=O)C(CS(=O)c3[nH]c4c(CSCCOCCOCCOCCOCCOCCOCCOCCN/C=C(\N)CN5C(=O)CC(C)C5=O)c(O)ccc4c3C2)NC(=O)CNC1=O. The molecule has 2 bridgehead atoms. The van der Waals surface area contributed by atoms with E-state index in [0.717, 1.165) is 4.90 Å². The van der Waals surface area contributed by atoms with Gasteiger partial charge in [-0.05, 0) is 30.0 Å². The highest BCUT2D eigenvalue weighted by atomic mass is 32.2. The average Bonchev–Trinajstić information content (AvgIpc) is 1.60. The van der Waals surface area contributed by atoms with Gasteiger partial charge in [-0.1, -0.05) is 34.1 Å². The van der Waals surface area contributed by atoms with Crippen LogP contribution in [0.1, 0.15) is 77.3 Å². The van der Waals surface area contributed by atoms with E-state index in [1.54, 1.807) is 27.0 Å². The first kappa shape index (κ1) is 83.7. The zero-order valence-electron chi connectivity index (χ0n) is 58.2. The topological polar surface area (TPSA) is 497 Å². The number of H-pyrrole nitrogens is 1. The van der Waals surface area contributed by atoms with Gasteiger partial charge in [0.05, 0.1) is 165 Å². The molecule has 1 aromatic carbocycles. The Morgan fingerprint density at radius 1 is 0.765 bits per heavy atom. The van der Waals surface area contributed by atoms with Crippen LogP contribution in [0.5, 0.6) is 5.75 Å². The second kappa shape index (κ2) is 43.1. The molecule has 0 aliphatic carbocycles. The first-order valence-corrected chi connectivity index (χ1v) is 36.7. The van der Waals surface area contributed by atoms with Gasteiger partial charge in [-0.3, -0.25) is 61.8 Å². The normalized spacial score (nSPS) is 24.2. The fraction of sp³-hybridized carbons (Fsp3) is 0.682. The van der Waals surface area contributed by atoms with Crippen molar-refractivity contribution in [1.29, 1.82) is 0 Å². The van der Waals surface area contributed by atoms with Crippen molar-refractivity contribution in [2.45, 2.75) is 120 Å². The van der Waals surface area contributed by atoms with Crippen LogP contribution in [0.3, 0.4) is 0 Å². The number of aromatic nitrogens is 1. The molecular formula is C66H101N11O23S2. The number of thioether (sulfide) groups is 1. The number of benzene rings is 1. The van der Waals surface area contributed by atoms with Crippen molar-refractivity contribution in [2.24, 2.45) is 41.1 Å². The molecule has 3 unspecified atom stereocenters. The summed E-state index contributed by atoms with van der Waals surface area (Å²) in [5.74, 6) is -14.0. The van der Waals surface area contributed by atoms with Gasteiger partial charge in [0.25, 0.3) is 0 Å². The summed E-state index contributed by atoms with van der Waals surface area (Å²) < 4.78 is 54.4. The number of phenols is 1. The van der Waals surface area contributed by atoms with E-state index >= 15 is 4.21 Å². The summed E-state index contributed by atoms with van der Waals surface area (Å²) >= 11 is 1.36. The van der Waals surface area contributed by atoms with Crippen molar-refractivity contribution in [2.75, 3.05) is 143 Å². The molecule has 9 amide bonds. The number of ketones is 2. The number of ether oxygens (including phenoxy) is 7. The average molecular weight is 1480 g/mol. The van der Waals surface area contributed by atoms with Crippen molar-refractivity contribution in [3.63, 3.8) is 0 Å². The molecule has 4 aliphatic rings. The Hall–Kier alpha value is -7.23. The second-order valence-corrected chi connectivity index (χ2v) is 28.0. The maximum atomic E-state index is 15.3. The highest BCUT2D eigenvalue weighted by molar-refractivity contribution is 7.98. The van der Waals surface area contributed by atoms with Gasteiger partial charge in [0.15, 0.2) is 11.6 Å². The van der Waals surface area contributed by atoms with Crippen LogP contribution in [0, 0.1) is 29.6 Å². The monoisotopic (exact) mass is 1480 g/mol. The highest BCUT2D eigenvalue weighted by Gasteiger charge is 2.45. The lowest BCUT2D eigenvalue weighted by Gasteiger charge is -2.32. The molecule has 0 spiro atoms. The largest absolute Gasteiger partial charge is 0.508 e. The van der Waals surface area contributed by atoms with Gasteiger partial charge in [-0.2, -0.15) is 11.8 Å². The molecule has 34 nitrogen and oxygen atoms in total. The van der Waals surface area contributed by atoms with Crippen LogP contribution < -0.4 is 43.4 Å². The number of hydrogen-bond acceptors (Lipinski definition) is 26. The van der Waals surface area contributed by atoms with E-state index in [-0.39, 0.29) is 78.1 Å². The third-order valence-electron chi connectivity index (χ3n) is 17.8. The number of nitrogens with zero attached hydrogens (tertiary/aromatic N) is 2. The Bertz CT molecular complexity index is 3250. The molecule has 12 atom stereocenters. The van der Waals surface area contributed by atoms with Crippen LogP contribution in [0.4, 0.5) is 0 Å². The van der Waals surface area contributed by atoms with Crippen LogP contribution in [0.25, 0.3) is 10.9 Å². The number of carbonyl (C=O) groups excluding carboxylic acids is 11. The van der Waals surface area contributed by atoms with Crippen LogP contribution >= 0.6 is 11.8 Å². The molecular weight excluding hydrogens is 1380 g/mol. The van der Waals surface area contributed by atoms with Gasteiger partial charge in [0.2, 0.25) is 53.2 Å². The number of phenolic OH excluding ortho intramolecular Hbond substituents is 1. The number of aromatic hydroxyl groups is 1. The van der Waals surface area contributed by atoms with Crippen molar-refractivity contribution >= 4 is 98.2 Å². The Morgan fingerprint density at radius 2 is 1.37 bits per heavy atom. The number of aliphatic hydroxyl groups excluding tert-OH is 3. The minimum atomic E-state index is -2.45. The number of rotatable bonds is 36. The summed E-state index contributed by atoms with van der Waals surface area (Å²) in [6, 6.07) is -4.16. The van der Waals surface area contributed by atoms with Crippen LogP contribution in [-0.2, 0) is 109 Å². The smallest absolute Gasteiger partial charge is 0.246 e. The summed E-state index contributed by atoms with van der Waals surface area (Å²) in [7, 11) is -2.45. The van der Waals surface area contributed by atoms with Gasteiger partial charge in [0.1, 0.15) is 28.9 Å². The number of imide groups is 1. The molecule has 0 saturated carbocycles. The molecule has 102 heavy (non-hydrogen) atoms. The minimum absolute atomic E-state index is 0.0531. The molecule has 4 aliphatic heterocycles. The van der Waals surface area contributed by atoms with Gasteiger partial charge in [-0.15, -0.1) is 0 Å². The molecule has 2 saturated heterocycles. The van der Waals surface area contributed by atoms with E-state index in [1.807, 2.05) is 0 Å². The zero-order valence-corrected chi connectivity index (χ0v) is 59.8. The van der Waals surface area contributed by atoms with Gasteiger partial charge in [0, 0.05) is 96.8 Å². The predicted molar refractivity (Wildman–Crippen MR) is 367 cm³/mol. The maximum absolute atomic E-state index is 15.3. The fourth-order valence-electron chi connectivity index (χ4n) is 11.8. The first-order chi connectivity index (χ1) is 48.8. The number of fused-ring (bicyclic) bond motifs is 5. The third kappa shape index (κ3) is 25.9. The van der Waals surface area contributed by atoms with Crippen LogP contribution in [0.2, 0.25) is 0 Å². The molecule has 2 fully saturated rings. The number of carbonyl (C=O) groups is 11. The standard InChI is InChI=1S/C66H101N11O23S2/c1-5-38(2)46-27-43(79)31-70-60(87)41-25-47-45-6-7-52(81)48(36-101-23-22-100-21-20-99-19-18-98-17-16-97-15-14-96-13-12-95-11-10-94-9-8-69-30-42(67)33-77-57(86)24-39(3)65(77)91)59(45)75-64(47)102(93)37-50(72-56(85)32-71-61(46)88)62(89)73-49(29-55(68)84)66(92)76-34-44(80)28-51(76)63(90)74-58(53(82)26-41)40(4)54(83)35-78/h6-7,30,38-41,44,46,49-51,54,58,69,75,78,80-81,83H,5,8-29,31-37,67H2,1-4H3,(H2,68,84)(H,70,87)(H,71,88)(H,72,85)(H,73,89)(H,74,90)/b42-30-/t38-,39?,40-,41+,44+,46-,49-,50?,51-,54-,58-,102?/m0/s1. The van der Waals surface area contributed by atoms with E-state index in [4.69, 9.17) is 44.6 Å². The van der Waals surface area contributed by atoms with Gasteiger partial charge < -0.3 is 107 Å². The van der Waals surface area contributed by atoms with E-state index in [1.165, 1.54) is 35.7 Å². The molecule has 36 heteroatoms. The molecule has 15 N–H and O–H groups in total. The summed E-state index contributed by atoms with van der Waals surface area (Å²) in [6.45, 7) is 9.03. The third-order valence-corrected chi connectivity index (χ3v) is 20.2. The van der Waals surface area contributed by atoms with Crippen LogP contribution in [-0.4, -0.2) is 284 Å². The van der Waals surface area contributed by atoms with E-state index in [2.05, 4.69) is 36.9 Å². The lowest BCUT2D eigenvalue weighted by Crippen LogP contribution is -2.60. The number of nitrogens with two attached hydrogens (primary N) is 2. The van der Waals surface area contributed by atoms with E-state index in [9.17, 15) is 73.2 Å². The van der Waals surface area contributed by atoms with E-state index < -0.39 is 188 Å². The van der Waals surface area contributed by atoms with Crippen molar-refractivity contribution in [1.82, 2.24) is 46.7 Å². The van der Waals surface area contributed by atoms with Gasteiger partial charge in [-0.25, -0.2) is 0 Å². The lowest BCUT2D eigenvalue weighted by molar-refractivity contribution is -0.144. The Labute approximate surface area is 598 Å². The number of hydrogen-bond donors (Lipinski definition) is 13. The van der Waals surface area contributed by atoms with Crippen molar-refractivity contribution in [3.8, 4) is 5.75 Å². The lowest BCUT2D eigenvalue weighted by atomic mass is 9.85. The molecule has 570 valence electrons. The molecule has 0 radical (unpaired) electrons. The number of likely N-dealkylation sites (tertiary alicyclic amines) is 1. The van der Waals surface area contributed by atoms with E-state index in [0.29, 0.717) is 108 Å². The first-order valence-electron chi connectivity index (χ1n) is 34.3. The quantitative estimate of drug-likeness (QED) is 0.0231. The predicted octanol–water partition coefficient (Wildman–Crippen LogP) is -3.60. The summed E-state index contributed by atoms with van der Waals surface area (Å²) in [6.07, 6.45) is -3.74. The second-order valence-electron chi connectivity index (χ2n) is 25.5. The molecule has 1 aromatic heterocycles. The van der Waals surface area contributed by atoms with Crippen molar-refractivity contribution in [3.05, 3.63) is 35.2 Å². The summed E-state index contributed by atoms with van der Waals surface area (Å²) in [4.78, 5) is 157. The number of nitrogens with one attached hydrogen (secondary N) is 7. The number of primary amides is 1. The number of Topliss-reactive ketones (excluding diaryl/α,β-unsaturated/α-hetero) is 2. The summed E-state index contributed by atoms with van der Waals surface area (Å²) in [5.41, 5.74) is 12.6. The Kier molecular flexibility index (Phi) is 35.4.